The second-order valence-corrected chi connectivity index (χ2v) is 4.16. The summed E-state index contributed by atoms with van der Waals surface area (Å²) in [5, 5.41) is 0.727. The quantitative estimate of drug-likeness (QED) is 0.588. The molecule has 0 spiro atoms. The summed E-state index contributed by atoms with van der Waals surface area (Å²) < 4.78 is 1.58. The molecular formula is C12H12N2OS. The van der Waals surface area contributed by atoms with Crippen LogP contribution in [0.1, 0.15) is 0 Å². The molecule has 82 valence electrons. The van der Waals surface area contributed by atoms with Crippen molar-refractivity contribution in [1.29, 1.82) is 0 Å². The van der Waals surface area contributed by atoms with Crippen LogP contribution in [0.2, 0.25) is 0 Å². The molecule has 2 aromatic rings. The second-order valence-electron chi connectivity index (χ2n) is 3.39. The van der Waals surface area contributed by atoms with E-state index < -0.39 is 0 Å². The normalized spacial score (nSPS) is 10.4. The Bertz CT molecular complexity index is 549. The van der Waals surface area contributed by atoms with Gasteiger partial charge < -0.3 is 0 Å². The van der Waals surface area contributed by atoms with Crippen molar-refractivity contribution in [2.45, 2.75) is 5.16 Å². The number of hydrogen-bond donors (Lipinski definition) is 0. The summed E-state index contributed by atoms with van der Waals surface area (Å²) in [6.07, 6.45) is 3.55. The van der Waals surface area contributed by atoms with E-state index in [4.69, 9.17) is 0 Å². The van der Waals surface area contributed by atoms with Crippen LogP contribution in [0.25, 0.3) is 11.1 Å². The third kappa shape index (κ3) is 1.88. The van der Waals surface area contributed by atoms with Gasteiger partial charge >= 0.3 is 0 Å². The van der Waals surface area contributed by atoms with Crippen molar-refractivity contribution in [3.8, 4) is 11.1 Å². The zero-order chi connectivity index (χ0) is 11.5. The summed E-state index contributed by atoms with van der Waals surface area (Å²) in [4.78, 5) is 16.3. The largest absolute Gasteiger partial charge is 0.290 e. The zero-order valence-electron chi connectivity index (χ0n) is 9.18. The Kier molecular flexibility index (Phi) is 3.10. The fourth-order valence-corrected chi connectivity index (χ4v) is 2.05. The van der Waals surface area contributed by atoms with E-state index in [9.17, 15) is 4.79 Å². The minimum Gasteiger partial charge on any atom is -0.290 e. The molecule has 0 aliphatic heterocycles. The molecule has 1 heterocycles. The Morgan fingerprint density at radius 2 is 1.94 bits per heavy atom. The summed E-state index contributed by atoms with van der Waals surface area (Å²) in [5.74, 6) is 0. The van der Waals surface area contributed by atoms with Gasteiger partial charge in [0.05, 0.1) is 5.56 Å². The van der Waals surface area contributed by atoms with Crippen molar-refractivity contribution >= 4 is 11.8 Å². The molecule has 4 heteroatoms. The minimum absolute atomic E-state index is 0.00875. The van der Waals surface area contributed by atoms with E-state index in [1.165, 1.54) is 11.8 Å². The van der Waals surface area contributed by atoms with Gasteiger partial charge in [0.15, 0.2) is 5.16 Å². The van der Waals surface area contributed by atoms with Gasteiger partial charge in [0.2, 0.25) is 0 Å². The van der Waals surface area contributed by atoms with Crippen LogP contribution in [0.3, 0.4) is 0 Å². The average molecular weight is 232 g/mol. The molecule has 0 radical (unpaired) electrons. The van der Waals surface area contributed by atoms with Crippen LogP contribution in [0.5, 0.6) is 0 Å². The summed E-state index contributed by atoms with van der Waals surface area (Å²) in [6, 6.07) is 9.58. The van der Waals surface area contributed by atoms with Gasteiger partial charge in [-0.3, -0.25) is 9.36 Å². The Balaban J connectivity index is 2.61. The van der Waals surface area contributed by atoms with Gasteiger partial charge in [0.1, 0.15) is 0 Å². The number of nitrogens with zero attached hydrogens (tertiary/aromatic N) is 2. The third-order valence-corrected chi connectivity index (χ3v) is 3.14. The molecular weight excluding hydrogens is 220 g/mol. The van der Waals surface area contributed by atoms with Gasteiger partial charge in [-0.15, -0.1) is 0 Å². The highest BCUT2D eigenvalue weighted by Gasteiger charge is 2.07. The van der Waals surface area contributed by atoms with Gasteiger partial charge in [0, 0.05) is 13.2 Å². The van der Waals surface area contributed by atoms with Crippen LogP contribution < -0.4 is 5.56 Å². The third-order valence-electron chi connectivity index (χ3n) is 2.39. The van der Waals surface area contributed by atoms with Crippen LogP contribution in [0.15, 0.2) is 46.5 Å². The maximum absolute atomic E-state index is 12.1. The van der Waals surface area contributed by atoms with Crippen LogP contribution in [0, 0.1) is 0 Å². The van der Waals surface area contributed by atoms with E-state index in [-0.39, 0.29) is 5.56 Å². The maximum atomic E-state index is 12.1. The number of thioether (sulfide) groups is 1. The average Bonchev–Trinajstić information content (AvgIpc) is 2.34. The smallest absolute Gasteiger partial charge is 0.261 e. The molecule has 0 unspecified atom stereocenters. The molecule has 16 heavy (non-hydrogen) atoms. The number of aromatic nitrogens is 2. The predicted molar refractivity (Wildman–Crippen MR) is 66.7 cm³/mol. The minimum atomic E-state index is -0.00875. The highest BCUT2D eigenvalue weighted by molar-refractivity contribution is 7.98. The van der Waals surface area contributed by atoms with Crippen LogP contribution in [-0.2, 0) is 7.05 Å². The van der Waals surface area contributed by atoms with Gasteiger partial charge in [-0.25, -0.2) is 4.98 Å². The SMILES string of the molecule is CSc1ncc(-c2ccccc2)c(=O)n1C. The van der Waals surface area contributed by atoms with E-state index in [0.717, 1.165) is 10.7 Å². The number of benzene rings is 1. The summed E-state index contributed by atoms with van der Waals surface area (Å²) in [6.45, 7) is 0. The lowest BCUT2D eigenvalue weighted by atomic mass is 10.1. The molecule has 0 amide bonds. The molecule has 3 nitrogen and oxygen atoms in total. The standard InChI is InChI=1S/C12H12N2OS/c1-14-11(15)10(8-13-12(14)16-2)9-6-4-3-5-7-9/h3-8H,1-2H3. The molecule has 1 aromatic carbocycles. The van der Waals surface area contributed by atoms with E-state index >= 15 is 0 Å². The number of hydrogen-bond acceptors (Lipinski definition) is 3. The van der Waals surface area contributed by atoms with Crippen molar-refractivity contribution in [2.24, 2.45) is 7.05 Å². The van der Waals surface area contributed by atoms with Crippen LogP contribution in [0.4, 0.5) is 0 Å². The molecule has 0 aliphatic carbocycles. The fraction of sp³-hybridized carbons (Fsp3) is 0.167. The van der Waals surface area contributed by atoms with E-state index in [1.807, 2.05) is 36.6 Å². The monoisotopic (exact) mass is 232 g/mol. The van der Waals surface area contributed by atoms with Gasteiger partial charge in [-0.2, -0.15) is 0 Å². The molecule has 0 N–H and O–H groups in total. The Hall–Kier alpha value is -1.55. The first kappa shape index (κ1) is 11.0. The van der Waals surface area contributed by atoms with Crippen molar-refractivity contribution in [1.82, 2.24) is 9.55 Å². The molecule has 1 aromatic heterocycles. The van der Waals surface area contributed by atoms with E-state index in [2.05, 4.69) is 4.98 Å². The van der Waals surface area contributed by atoms with Crippen LogP contribution >= 0.6 is 11.8 Å². The fourth-order valence-electron chi connectivity index (χ4n) is 1.53. The highest BCUT2D eigenvalue weighted by Crippen LogP contribution is 2.15. The molecule has 0 saturated carbocycles. The highest BCUT2D eigenvalue weighted by atomic mass is 32.2. The summed E-state index contributed by atoms with van der Waals surface area (Å²) in [7, 11) is 1.74. The first-order valence-corrected chi connectivity index (χ1v) is 6.12. The molecule has 0 bridgehead atoms. The lowest BCUT2D eigenvalue weighted by Crippen LogP contribution is -2.21. The van der Waals surface area contributed by atoms with Crippen molar-refractivity contribution in [3.63, 3.8) is 0 Å². The van der Waals surface area contributed by atoms with Crippen molar-refractivity contribution in [3.05, 3.63) is 46.9 Å². The second kappa shape index (κ2) is 4.53. The molecule has 2 rings (SSSR count). The predicted octanol–water partition coefficient (Wildman–Crippen LogP) is 2.17. The zero-order valence-corrected chi connectivity index (χ0v) is 9.99. The van der Waals surface area contributed by atoms with Gasteiger partial charge in [-0.1, -0.05) is 42.1 Å². The molecule has 0 saturated heterocycles. The summed E-state index contributed by atoms with van der Waals surface area (Å²) in [5.41, 5.74) is 1.54. The first-order valence-electron chi connectivity index (χ1n) is 4.89. The van der Waals surface area contributed by atoms with Crippen LogP contribution in [-0.4, -0.2) is 15.8 Å². The summed E-state index contributed by atoms with van der Waals surface area (Å²) >= 11 is 1.47. The Labute approximate surface area is 98.2 Å². The lowest BCUT2D eigenvalue weighted by molar-refractivity contribution is 0.712. The molecule has 0 fully saturated rings. The van der Waals surface area contributed by atoms with E-state index in [1.54, 1.807) is 17.8 Å². The maximum Gasteiger partial charge on any atom is 0.261 e. The lowest BCUT2D eigenvalue weighted by Gasteiger charge is -2.06. The van der Waals surface area contributed by atoms with Crippen molar-refractivity contribution in [2.75, 3.05) is 6.26 Å². The van der Waals surface area contributed by atoms with Gasteiger partial charge in [-0.05, 0) is 11.8 Å². The van der Waals surface area contributed by atoms with Crippen molar-refractivity contribution < 1.29 is 0 Å². The van der Waals surface area contributed by atoms with Gasteiger partial charge in [0.25, 0.3) is 5.56 Å². The molecule has 0 atom stereocenters. The molecule has 0 aliphatic rings. The Morgan fingerprint density at radius 3 is 2.56 bits per heavy atom. The Morgan fingerprint density at radius 1 is 1.25 bits per heavy atom. The number of rotatable bonds is 2. The van der Waals surface area contributed by atoms with E-state index in [0.29, 0.717) is 5.56 Å². The topological polar surface area (TPSA) is 34.9 Å². The first-order chi connectivity index (χ1) is 7.74.